The van der Waals surface area contributed by atoms with Crippen molar-refractivity contribution >= 4 is 34.6 Å². The van der Waals surface area contributed by atoms with E-state index in [-0.39, 0.29) is 17.6 Å². The van der Waals surface area contributed by atoms with Crippen LogP contribution in [0.3, 0.4) is 0 Å². The van der Waals surface area contributed by atoms with Crippen molar-refractivity contribution in [3.63, 3.8) is 0 Å². The van der Waals surface area contributed by atoms with Crippen LogP contribution in [0.4, 0.5) is 11.4 Å². The van der Waals surface area contributed by atoms with Gasteiger partial charge in [0.1, 0.15) is 11.5 Å². The first-order valence-corrected chi connectivity index (χ1v) is 9.19. The molecule has 0 spiro atoms. The van der Waals surface area contributed by atoms with Crippen LogP contribution < -0.4 is 25.0 Å². The van der Waals surface area contributed by atoms with E-state index in [0.29, 0.717) is 5.75 Å². The van der Waals surface area contributed by atoms with E-state index in [2.05, 4.69) is 29.4 Å². The van der Waals surface area contributed by atoms with Crippen LogP contribution in [-0.2, 0) is 4.79 Å². The molecule has 0 saturated heterocycles. The Morgan fingerprint density at radius 1 is 1.00 bits per heavy atom. The van der Waals surface area contributed by atoms with Crippen LogP contribution in [-0.4, -0.2) is 37.8 Å². The van der Waals surface area contributed by atoms with E-state index in [0.717, 1.165) is 30.2 Å². The Balaban J connectivity index is 1.79. The lowest BCUT2D eigenvalue weighted by Gasteiger charge is -2.21. The number of carbonyl (C=O) groups excluding carboxylic acids is 1. The molecule has 0 radical (unpaired) electrons. The van der Waals surface area contributed by atoms with Crippen LogP contribution in [0, 0.1) is 0 Å². The summed E-state index contributed by atoms with van der Waals surface area (Å²) in [5.74, 6) is 0.976. The molecular formula is C20H25N3O3S. The maximum absolute atomic E-state index is 12.0. The van der Waals surface area contributed by atoms with Crippen LogP contribution in [0.5, 0.6) is 11.5 Å². The molecule has 2 N–H and O–H groups in total. The van der Waals surface area contributed by atoms with Crippen molar-refractivity contribution in [3.05, 3.63) is 48.5 Å². The number of anilines is 2. The second kappa shape index (κ2) is 10.4. The highest BCUT2D eigenvalue weighted by Crippen LogP contribution is 2.18. The third-order valence-electron chi connectivity index (χ3n) is 3.94. The number of carbonyl (C=O) groups is 1. The summed E-state index contributed by atoms with van der Waals surface area (Å²) in [4.78, 5) is 14.2. The molecule has 1 amide bonds. The van der Waals surface area contributed by atoms with Crippen LogP contribution >= 0.6 is 12.2 Å². The van der Waals surface area contributed by atoms with Gasteiger partial charge in [0, 0.05) is 24.5 Å². The highest BCUT2D eigenvalue weighted by atomic mass is 32.1. The van der Waals surface area contributed by atoms with E-state index in [1.165, 1.54) is 0 Å². The lowest BCUT2D eigenvalue weighted by atomic mass is 10.2. The molecule has 0 unspecified atom stereocenters. The van der Waals surface area contributed by atoms with Crippen LogP contribution in [0.2, 0.25) is 0 Å². The predicted molar refractivity (Wildman–Crippen MR) is 113 cm³/mol. The quantitative estimate of drug-likeness (QED) is 0.677. The predicted octanol–water partition coefficient (Wildman–Crippen LogP) is 3.43. The molecule has 0 aliphatic carbocycles. The number of nitrogens with one attached hydrogen (secondary N) is 2. The number of nitrogens with zero attached hydrogens (tertiary/aromatic N) is 1. The first kappa shape index (κ1) is 20.5. The summed E-state index contributed by atoms with van der Waals surface area (Å²) in [6.45, 7) is 6.01. The van der Waals surface area contributed by atoms with Gasteiger partial charge in [-0.15, -0.1) is 0 Å². The van der Waals surface area contributed by atoms with Gasteiger partial charge in [-0.05, 0) is 74.6 Å². The van der Waals surface area contributed by atoms with E-state index >= 15 is 0 Å². The van der Waals surface area contributed by atoms with E-state index in [9.17, 15) is 4.79 Å². The van der Waals surface area contributed by atoms with Crippen molar-refractivity contribution < 1.29 is 14.3 Å². The van der Waals surface area contributed by atoms with E-state index in [1.54, 1.807) is 31.4 Å². The highest BCUT2D eigenvalue weighted by molar-refractivity contribution is 7.80. The van der Waals surface area contributed by atoms with Crippen molar-refractivity contribution in [2.45, 2.75) is 13.8 Å². The third kappa shape index (κ3) is 6.45. The molecule has 0 atom stereocenters. The fourth-order valence-electron chi connectivity index (χ4n) is 2.49. The number of amides is 1. The number of hydrogen-bond acceptors (Lipinski definition) is 5. The first-order valence-electron chi connectivity index (χ1n) is 8.78. The molecule has 144 valence electrons. The smallest absolute Gasteiger partial charge is 0.264 e. The van der Waals surface area contributed by atoms with Gasteiger partial charge in [0.2, 0.25) is 0 Å². The van der Waals surface area contributed by atoms with Gasteiger partial charge in [0.05, 0.1) is 7.11 Å². The van der Waals surface area contributed by atoms with Gasteiger partial charge in [-0.2, -0.15) is 0 Å². The Morgan fingerprint density at radius 3 is 2.15 bits per heavy atom. The topological polar surface area (TPSA) is 62.8 Å². The standard InChI is InChI=1S/C20H25N3O3S/c1-4-23(5-2)16-8-6-15(7-9-16)21-20(27)22-19(24)14-26-18-12-10-17(25-3)11-13-18/h6-13H,4-5,14H2,1-3H3,(H2,21,22,24,27). The fraction of sp³-hybridized carbons (Fsp3) is 0.300. The van der Waals surface area contributed by atoms with Gasteiger partial charge < -0.3 is 19.7 Å². The lowest BCUT2D eigenvalue weighted by molar-refractivity contribution is -0.121. The second-order valence-electron chi connectivity index (χ2n) is 5.69. The van der Waals surface area contributed by atoms with Crippen molar-refractivity contribution in [2.24, 2.45) is 0 Å². The van der Waals surface area contributed by atoms with Crippen molar-refractivity contribution in [1.29, 1.82) is 0 Å². The number of methoxy groups -OCH3 is 1. The van der Waals surface area contributed by atoms with Crippen molar-refractivity contribution in [1.82, 2.24) is 5.32 Å². The van der Waals surface area contributed by atoms with Crippen LogP contribution in [0.15, 0.2) is 48.5 Å². The Morgan fingerprint density at radius 2 is 1.59 bits per heavy atom. The Kier molecular flexibility index (Phi) is 7.88. The van der Waals surface area contributed by atoms with Crippen molar-refractivity contribution in [3.8, 4) is 11.5 Å². The minimum atomic E-state index is -0.330. The van der Waals surface area contributed by atoms with Crippen LogP contribution in [0.25, 0.3) is 0 Å². The monoisotopic (exact) mass is 387 g/mol. The summed E-state index contributed by atoms with van der Waals surface area (Å²) in [7, 11) is 1.59. The van der Waals surface area contributed by atoms with E-state index < -0.39 is 0 Å². The molecular weight excluding hydrogens is 362 g/mol. The van der Waals surface area contributed by atoms with Gasteiger partial charge in [-0.3, -0.25) is 10.1 Å². The summed E-state index contributed by atoms with van der Waals surface area (Å²) in [5, 5.41) is 5.83. The molecule has 7 heteroatoms. The molecule has 2 aromatic rings. The van der Waals surface area contributed by atoms with Gasteiger partial charge in [0.25, 0.3) is 5.91 Å². The summed E-state index contributed by atoms with van der Waals surface area (Å²) >= 11 is 5.18. The summed E-state index contributed by atoms with van der Waals surface area (Å²) in [6, 6.07) is 14.9. The maximum atomic E-state index is 12.0. The Labute approximate surface area is 165 Å². The van der Waals surface area contributed by atoms with Gasteiger partial charge in [0.15, 0.2) is 11.7 Å². The Bertz CT molecular complexity index is 744. The maximum Gasteiger partial charge on any atom is 0.264 e. The zero-order valence-electron chi connectivity index (χ0n) is 15.8. The number of hydrogen-bond donors (Lipinski definition) is 2. The molecule has 27 heavy (non-hydrogen) atoms. The first-order chi connectivity index (χ1) is 13.0. The van der Waals surface area contributed by atoms with Gasteiger partial charge in [-0.1, -0.05) is 0 Å². The summed E-state index contributed by atoms with van der Waals surface area (Å²) in [6.07, 6.45) is 0. The van der Waals surface area contributed by atoms with Gasteiger partial charge >= 0.3 is 0 Å². The largest absolute Gasteiger partial charge is 0.497 e. The van der Waals surface area contributed by atoms with Crippen LogP contribution in [0.1, 0.15) is 13.8 Å². The molecule has 0 heterocycles. The number of rotatable bonds is 8. The summed E-state index contributed by atoms with van der Waals surface area (Å²) < 4.78 is 10.5. The zero-order valence-corrected chi connectivity index (χ0v) is 16.6. The fourth-order valence-corrected chi connectivity index (χ4v) is 2.72. The van der Waals surface area contributed by atoms with E-state index in [1.807, 2.05) is 24.3 Å². The highest BCUT2D eigenvalue weighted by Gasteiger charge is 2.07. The minimum Gasteiger partial charge on any atom is -0.497 e. The molecule has 0 bridgehead atoms. The van der Waals surface area contributed by atoms with E-state index in [4.69, 9.17) is 21.7 Å². The van der Waals surface area contributed by atoms with Crippen molar-refractivity contribution in [2.75, 3.05) is 37.0 Å². The normalized spacial score (nSPS) is 10.0. The SMILES string of the molecule is CCN(CC)c1ccc(NC(=S)NC(=O)COc2ccc(OC)cc2)cc1. The third-order valence-corrected chi connectivity index (χ3v) is 4.14. The molecule has 0 aromatic heterocycles. The average Bonchev–Trinajstić information content (AvgIpc) is 2.69. The summed E-state index contributed by atoms with van der Waals surface area (Å²) in [5.41, 5.74) is 1.96. The molecule has 2 aromatic carbocycles. The molecule has 2 rings (SSSR count). The minimum absolute atomic E-state index is 0.130. The molecule has 0 aliphatic heterocycles. The lowest BCUT2D eigenvalue weighted by Crippen LogP contribution is -2.37. The Hall–Kier alpha value is -2.80. The molecule has 6 nitrogen and oxygen atoms in total. The molecule has 0 saturated carbocycles. The van der Waals surface area contributed by atoms with Gasteiger partial charge in [-0.25, -0.2) is 0 Å². The number of ether oxygens (including phenoxy) is 2. The zero-order chi connectivity index (χ0) is 19.6. The molecule has 0 fully saturated rings. The number of benzene rings is 2. The average molecular weight is 388 g/mol. The second-order valence-corrected chi connectivity index (χ2v) is 6.09. The molecule has 0 aliphatic rings. The number of thiocarbonyl (C=S) groups is 1.